The molecule has 1 aromatic rings. The van der Waals surface area contributed by atoms with Crippen LogP contribution < -0.4 is 5.73 Å². The van der Waals surface area contributed by atoms with E-state index < -0.39 is 10.0 Å². The van der Waals surface area contributed by atoms with Crippen LogP contribution in [-0.4, -0.2) is 31.9 Å². The highest BCUT2D eigenvalue weighted by molar-refractivity contribution is 7.89. The molecule has 0 heterocycles. The van der Waals surface area contributed by atoms with E-state index in [0.717, 1.165) is 4.31 Å². The molecular formula is C8H12N2O3S. The summed E-state index contributed by atoms with van der Waals surface area (Å²) in [6, 6.07) is 4.12. The molecule has 5 nitrogen and oxygen atoms in total. The van der Waals surface area contributed by atoms with Gasteiger partial charge in [0.15, 0.2) is 0 Å². The van der Waals surface area contributed by atoms with Gasteiger partial charge >= 0.3 is 0 Å². The van der Waals surface area contributed by atoms with Crippen LogP contribution >= 0.6 is 0 Å². The molecule has 0 aromatic heterocycles. The number of nitrogens with zero attached hydrogens (tertiary/aromatic N) is 1. The van der Waals surface area contributed by atoms with E-state index in [4.69, 9.17) is 5.73 Å². The molecule has 0 aliphatic rings. The molecular weight excluding hydrogens is 204 g/mol. The molecule has 0 spiro atoms. The van der Waals surface area contributed by atoms with Crippen molar-refractivity contribution in [3.05, 3.63) is 18.2 Å². The number of hydrogen-bond acceptors (Lipinski definition) is 4. The zero-order chi connectivity index (χ0) is 10.9. The molecule has 0 fully saturated rings. The van der Waals surface area contributed by atoms with Crippen molar-refractivity contribution in [1.29, 1.82) is 0 Å². The fourth-order valence-electron chi connectivity index (χ4n) is 0.954. The quantitative estimate of drug-likeness (QED) is 0.547. The topological polar surface area (TPSA) is 83.6 Å². The maximum absolute atomic E-state index is 11.6. The van der Waals surface area contributed by atoms with Crippen molar-refractivity contribution in [3.8, 4) is 5.75 Å². The second-order valence-electron chi connectivity index (χ2n) is 2.98. The van der Waals surface area contributed by atoms with Gasteiger partial charge in [0.25, 0.3) is 0 Å². The SMILES string of the molecule is CN(C)S(=O)(=O)c1cccc(O)c1N. The molecule has 0 aliphatic carbocycles. The molecule has 1 aromatic carbocycles. The molecule has 1 rings (SSSR count). The number of sulfonamides is 1. The van der Waals surface area contributed by atoms with Crippen molar-refractivity contribution in [2.24, 2.45) is 0 Å². The van der Waals surface area contributed by atoms with Gasteiger partial charge in [-0.15, -0.1) is 0 Å². The second kappa shape index (κ2) is 3.47. The van der Waals surface area contributed by atoms with E-state index in [1.807, 2.05) is 0 Å². The van der Waals surface area contributed by atoms with Crippen molar-refractivity contribution in [2.45, 2.75) is 4.90 Å². The lowest BCUT2D eigenvalue weighted by atomic mass is 10.3. The van der Waals surface area contributed by atoms with Gasteiger partial charge in [-0.2, -0.15) is 0 Å². The van der Waals surface area contributed by atoms with Crippen LogP contribution in [-0.2, 0) is 10.0 Å². The van der Waals surface area contributed by atoms with E-state index >= 15 is 0 Å². The van der Waals surface area contributed by atoms with Crippen LogP contribution in [0.4, 0.5) is 5.69 Å². The first-order valence-electron chi connectivity index (χ1n) is 3.87. The molecule has 0 bridgehead atoms. The van der Waals surface area contributed by atoms with E-state index in [-0.39, 0.29) is 16.3 Å². The van der Waals surface area contributed by atoms with E-state index in [9.17, 15) is 13.5 Å². The van der Waals surface area contributed by atoms with Crippen LogP contribution in [0.5, 0.6) is 5.75 Å². The Morgan fingerprint density at radius 2 is 1.93 bits per heavy atom. The summed E-state index contributed by atoms with van der Waals surface area (Å²) in [5.74, 6) is -0.229. The standard InChI is InChI=1S/C8H12N2O3S/c1-10(2)14(12,13)7-5-3-4-6(11)8(7)9/h3-5,11H,9H2,1-2H3. The van der Waals surface area contributed by atoms with Crippen LogP contribution in [0.25, 0.3) is 0 Å². The first-order chi connectivity index (χ1) is 6.37. The van der Waals surface area contributed by atoms with Crippen molar-refractivity contribution in [1.82, 2.24) is 4.31 Å². The van der Waals surface area contributed by atoms with E-state index in [0.29, 0.717) is 0 Å². The molecule has 78 valence electrons. The van der Waals surface area contributed by atoms with Crippen LogP contribution in [0.1, 0.15) is 0 Å². The summed E-state index contributed by atoms with van der Waals surface area (Å²) >= 11 is 0. The molecule has 0 atom stereocenters. The normalized spacial score (nSPS) is 11.9. The maximum atomic E-state index is 11.6. The zero-order valence-electron chi connectivity index (χ0n) is 7.93. The summed E-state index contributed by atoms with van der Waals surface area (Å²) in [6.07, 6.45) is 0. The largest absolute Gasteiger partial charge is 0.506 e. The molecule has 0 radical (unpaired) electrons. The van der Waals surface area contributed by atoms with Crippen molar-refractivity contribution < 1.29 is 13.5 Å². The Morgan fingerprint density at radius 3 is 2.43 bits per heavy atom. The third-order valence-corrected chi connectivity index (χ3v) is 3.67. The Morgan fingerprint density at radius 1 is 1.36 bits per heavy atom. The molecule has 0 unspecified atom stereocenters. The summed E-state index contributed by atoms with van der Waals surface area (Å²) in [6.45, 7) is 0. The van der Waals surface area contributed by atoms with Crippen molar-refractivity contribution in [3.63, 3.8) is 0 Å². The monoisotopic (exact) mass is 216 g/mol. The summed E-state index contributed by atoms with van der Waals surface area (Å²) in [7, 11) is -0.779. The smallest absolute Gasteiger partial charge is 0.244 e. The lowest BCUT2D eigenvalue weighted by Crippen LogP contribution is -2.23. The number of aromatic hydroxyl groups is 1. The molecule has 3 N–H and O–H groups in total. The molecule has 14 heavy (non-hydrogen) atoms. The van der Waals surface area contributed by atoms with Gasteiger partial charge in [0.1, 0.15) is 10.6 Å². The van der Waals surface area contributed by atoms with Crippen molar-refractivity contribution in [2.75, 3.05) is 19.8 Å². The Hall–Kier alpha value is -1.27. The van der Waals surface area contributed by atoms with Gasteiger partial charge in [0.2, 0.25) is 10.0 Å². The van der Waals surface area contributed by atoms with Crippen LogP contribution in [0.2, 0.25) is 0 Å². The van der Waals surface area contributed by atoms with Gasteiger partial charge in [-0.05, 0) is 12.1 Å². The maximum Gasteiger partial charge on any atom is 0.244 e. The van der Waals surface area contributed by atoms with Crippen LogP contribution in [0.15, 0.2) is 23.1 Å². The lowest BCUT2D eigenvalue weighted by Gasteiger charge is -2.13. The van der Waals surface area contributed by atoms with E-state index in [1.165, 1.54) is 32.3 Å². The number of para-hydroxylation sites is 1. The minimum atomic E-state index is -3.58. The average Bonchev–Trinajstić information content (AvgIpc) is 2.09. The summed E-state index contributed by atoms with van der Waals surface area (Å²) in [5.41, 5.74) is 5.33. The number of nitrogen functional groups attached to an aromatic ring is 1. The Bertz CT molecular complexity index is 440. The van der Waals surface area contributed by atoms with Gasteiger partial charge in [-0.1, -0.05) is 6.07 Å². The minimum Gasteiger partial charge on any atom is -0.506 e. The fraction of sp³-hybridized carbons (Fsp3) is 0.250. The predicted octanol–water partition coefficient (Wildman–Crippen LogP) is 0.225. The highest BCUT2D eigenvalue weighted by Gasteiger charge is 2.21. The number of benzene rings is 1. The Balaban J connectivity index is 3.42. The zero-order valence-corrected chi connectivity index (χ0v) is 8.75. The van der Waals surface area contributed by atoms with E-state index in [1.54, 1.807) is 0 Å². The van der Waals surface area contributed by atoms with E-state index in [2.05, 4.69) is 0 Å². The number of phenols is 1. The summed E-state index contributed by atoms with van der Waals surface area (Å²) < 4.78 is 24.3. The van der Waals surface area contributed by atoms with Crippen molar-refractivity contribution >= 4 is 15.7 Å². The number of nitrogens with two attached hydrogens (primary N) is 1. The Labute approximate surface area is 82.8 Å². The third-order valence-electron chi connectivity index (χ3n) is 1.80. The third kappa shape index (κ3) is 1.66. The van der Waals surface area contributed by atoms with Crippen LogP contribution in [0, 0.1) is 0 Å². The minimum absolute atomic E-state index is 0.0810. The summed E-state index contributed by atoms with van der Waals surface area (Å²) in [4.78, 5) is -0.0810. The van der Waals surface area contributed by atoms with Gasteiger partial charge in [-0.3, -0.25) is 0 Å². The second-order valence-corrected chi connectivity index (χ2v) is 5.10. The van der Waals surface area contributed by atoms with Crippen LogP contribution in [0.3, 0.4) is 0 Å². The van der Waals surface area contributed by atoms with Gasteiger partial charge in [0, 0.05) is 14.1 Å². The number of phenolic OH excluding ortho intramolecular Hbond substituents is 1. The van der Waals surface area contributed by atoms with Gasteiger partial charge in [-0.25, -0.2) is 12.7 Å². The average molecular weight is 216 g/mol. The predicted molar refractivity (Wildman–Crippen MR) is 53.4 cm³/mol. The first kappa shape index (κ1) is 10.8. The highest BCUT2D eigenvalue weighted by atomic mass is 32.2. The number of rotatable bonds is 2. The van der Waals surface area contributed by atoms with Gasteiger partial charge in [0.05, 0.1) is 5.69 Å². The molecule has 6 heteroatoms. The summed E-state index contributed by atoms with van der Waals surface area (Å²) in [5, 5.41) is 9.24. The molecule has 0 aliphatic heterocycles. The Kier molecular flexibility index (Phi) is 2.68. The highest BCUT2D eigenvalue weighted by Crippen LogP contribution is 2.28. The van der Waals surface area contributed by atoms with Gasteiger partial charge < -0.3 is 10.8 Å². The molecule has 0 saturated carbocycles. The number of hydrogen-bond donors (Lipinski definition) is 2. The first-order valence-corrected chi connectivity index (χ1v) is 5.31. The molecule has 0 amide bonds. The molecule has 0 saturated heterocycles. The lowest BCUT2D eigenvalue weighted by molar-refractivity contribution is 0.475. The number of anilines is 1. The fourth-order valence-corrected chi connectivity index (χ4v) is 1.98.